The predicted octanol–water partition coefficient (Wildman–Crippen LogP) is 5.85. The summed E-state index contributed by atoms with van der Waals surface area (Å²) in [6.45, 7) is 14.1. The van der Waals surface area contributed by atoms with Gasteiger partial charge in [0.1, 0.15) is 17.7 Å². The Morgan fingerprint density at radius 3 is 2.50 bits per heavy atom. The number of amides is 3. The number of likely N-dealkylation sites (N-methyl/N-ethyl adjacent to an activating group) is 1. The molecule has 3 aliphatic heterocycles. The van der Waals surface area contributed by atoms with Gasteiger partial charge in [-0.25, -0.2) is 0 Å². The van der Waals surface area contributed by atoms with Gasteiger partial charge in [0.05, 0.1) is 24.0 Å². The van der Waals surface area contributed by atoms with Gasteiger partial charge in [-0.15, -0.1) is 13.2 Å². The predicted molar refractivity (Wildman–Crippen MR) is 200 cm³/mol. The smallest absolute Gasteiger partial charge is 0.313 e. The number of ether oxygens (including phenoxy) is 2. The van der Waals surface area contributed by atoms with Crippen LogP contribution >= 0.6 is 0 Å². The third-order valence-electron chi connectivity index (χ3n) is 11.2. The Labute approximate surface area is 308 Å². The SMILES string of the molecule is C=CCCC(=O)N(C)[C@H](C)[C@H](OC(=O)[C@@H]1[C@@H]2CC[C@]3(O2)[C@H](C(=O)N(CC=C)c2cc(C)ccc2C)N(CCCCCCO)C(=O)[C@@H]13)c1ccccc1. The van der Waals surface area contributed by atoms with Gasteiger partial charge < -0.3 is 29.3 Å². The van der Waals surface area contributed by atoms with E-state index < -0.39 is 47.7 Å². The second-order valence-corrected chi connectivity index (χ2v) is 14.6. The van der Waals surface area contributed by atoms with Crippen molar-refractivity contribution in [3.8, 4) is 0 Å². The first kappa shape index (κ1) is 38.9. The molecule has 10 nitrogen and oxygen atoms in total. The maximum atomic E-state index is 15.0. The Balaban J connectivity index is 1.49. The van der Waals surface area contributed by atoms with E-state index >= 15 is 0 Å². The van der Waals surface area contributed by atoms with E-state index in [1.807, 2.05) is 69.3 Å². The van der Waals surface area contributed by atoms with Crippen LogP contribution in [0.1, 0.15) is 81.1 Å². The summed E-state index contributed by atoms with van der Waals surface area (Å²) in [7, 11) is 1.70. The molecule has 0 aliphatic carbocycles. The van der Waals surface area contributed by atoms with Gasteiger partial charge >= 0.3 is 5.97 Å². The maximum Gasteiger partial charge on any atom is 0.313 e. The van der Waals surface area contributed by atoms with Crippen molar-refractivity contribution in [3.63, 3.8) is 0 Å². The summed E-state index contributed by atoms with van der Waals surface area (Å²) in [5, 5.41) is 9.31. The number of nitrogens with zero attached hydrogens (tertiary/aromatic N) is 3. The summed E-state index contributed by atoms with van der Waals surface area (Å²) in [5.41, 5.74) is 2.19. The topological polar surface area (TPSA) is 117 Å². The largest absolute Gasteiger partial charge is 0.455 e. The van der Waals surface area contributed by atoms with Gasteiger partial charge in [-0.1, -0.05) is 67.5 Å². The molecule has 2 bridgehead atoms. The molecule has 3 aliphatic rings. The van der Waals surface area contributed by atoms with Crippen molar-refractivity contribution in [2.24, 2.45) is 11.8 Å². The van der Waals surface area contributed by atoms with Crippen LogP contribution in [0, 0.1) is 25.7 Å². The quantitative estimate of drug-likeness (QED) is 0.117. The van der Waals surface area contributed by atoms with Crippen LogP contribution in [0.3, 0.4) is 0 Å². The number of benzene rings is 2. The van der Waals surface area contributed by atoms with Crippen molar-refractivity contribution in [1.82, 2.24) is 9.80 Å². The summed E-state index contributed by atoms with van der Waals surface area (Å²) in [6, 6.07) is 13.8. The van der Waals surface area contributed by atoms with Crippen LogP contribution in [-0.4, -0.2) is 89.1 Å². The number of esters is 1. The molecule has 1 N–H and O–H groups in total. The van der Waals surface area contributed by atoms with E-state index in [0.29, 0.717) is 38.6 Å². The molecular weight excluding hydrogens is 658 g/mol. The number of carbonyl (C=O) groups is 4. The molecule has 10 heteroatoms. The summed E-state index contributed by atoms with van der Waals surface area (Å²) in [6.07, 6.45) is 6.66. The molecule has 1 spiro atoms. The average Bonchev–Trinajstić information content (AvgIpc) is 3.79. The molecule has 0 aromatic heterocycles. The normalized spacial score (nSPS) is 24.2. The lowest BCUT2D eigenvalue weighted by Gasteiger charge is -2.37. The minimum Gasteiger partial charge on any atom is -0.455 e. The second kappa shape index (κ2) is 17.0. The number of aliphatic hydroxyl groups is 1. The molecule has 2 aromatic carbocycles. The molecule has 3 amide bonds. The molecular formula is C42H55N3O7. The monoisotopic (exact) mass is 713 g/mol. The van der Waals surface area contributed by atoms with Crippen LogP contribution in [-0.2, 0) is 28.7 Å². The second-order valence-electron chi connectivity index (χ2n) is 14.6. The molecule has 2 aromatic rings. The van der Waals surface area contributed by atoms with Crippen LogP contribution in [0.4, 0.5) is 5.69 Å². The lowest BCUT2D eigenvalue weighted by Crippen LogP contribution is -2.56. The van der Waals surface area contributed by atoms with E-state index in [2.05, 4.69) is 13.2 Å². The number of anilines is 1. The van der Waals surface area contributed by atoms with Gasteiger partial charge in [-0.3, -0.25) is 19.2 Å². The number of hydrogen-bond acceptors (Lipinski definition) is 7. The van der Waals surface area contributed by atoms with Crippen molar-refractivity contribution in [2.45, 2.75) is 102 Å². The van der Waals surface area contributed by atoms with Crippen molar-refractivity contribution in [3.05, 3.63) is 90.5 Å². The standard InChI is InChI=1S/C42H55N3O7/c1-7-9-19-34(47)43(6)30(5)37(31-17-13-12-14-18-31)51-41(50)35-33-22-23-42(52-33)36(35)39(48)45(25-15-10-11-16-26-46)38(42)40(49)44(24-8-2)32-27-28(3)20-21-29(32)4/h7-8,12-14,17-18,20-21,27,30,33,35-38,46H,1-2,9-11,15-16,19,22-26H2,3-6H3/t30-,33+,35-,36-,37+,38+,42-/m1/s1. The molecule has 0 unspecified atom stereocenters. The summed E-state index contributed by atoms with van der Waals surface area (Å²) in [5.74, 6) is -3.00. The Kier molecular flexibility index (Phi) is 12.8. The zero-order valence-corrected chi connectivity index (χ0v) is 31.2. The molecule has 3 saturated heterocycles. The Morgan fingerprint density at radius 2 is 1.81 bits per heavy atom. The number of rotatable bonds is 18. The number of carbonyl (C=O) groups excluding carboxylic acids is 4. The molecule has 3 heterocycles. The lowest BCUT2D eigenvalue weighted by atomic mass is 9.70. The van der Waals surface area contributed by atoms with Crippen LogP contribution in [0.5, 0.6) is 0 Å². The molecule has 3 fully saturated rings. The highest BCUT2D eigenvalue weighted by atomic mass is 16.6. The Hall–Kier alpha value is -4.28. The van der Waals surface area contributed by atoms with Crippen LogP contribution in [0.15, 0.2) is 73.8 Å². The van der Waals surface area contributed by atoms with E-state index in [9.17, 15) is 24.3 Å². The first-order chi connectivity index (χ1) is 25.0. The highest BCUT2D eigenvalue weighted by molar-refractivity contribution is 6.05. The molecule has 5 rings (SSSR count). The summed E-state index contributed by atoms with van der Waals surface area (Å²) < 4.78 is 13.1. The van der Waals surface area contributed by atoms with Crippen molar-refractivity contribution < 1.29 is 33.8 Å². The van der Waals surface area contributed by atoms with Gasteiger partial charge in [0, 0.05) is 38.9 Å². The van der Waals surface area contributed by atoms with Crippen molar-refractivity contribution in [2.75, 3.05) is 31.6 Å². The molecule has 280 valence electrons. The van der Waals surface area contributed by atoms with Gasteiger partial charge in [-0.2, -0.15) is 0 Å². The fourth-order valence-corrected chi connectivity index (χ4v) is 8.41. The first-order valence-corrected chi connectivity index (χ1v) is 18.7. The van der Waals surface area contributed by atoms with Gasteiger partial charge in [0.2, 0.25) is 11.8 Å². The molecule has 0 saturated carbocycles. The third-order valence-corrected chi connectivity index (χ3v) is 11.2. The number of hydrogen-bond donors (Lipinski definition) is 1. The minimum atomic E-state index is -1.20. The number of unbranched alkanes of at least 4 members (excludes halogenated alkanes) is 3. The summed E-state index contributed by atoms with van der Waals surface area (Å²) >= 11 is 0. The van der Waals surface area contributed by atoms with Gasteiger partial charge in [0.15, 0.2) is 0 Å². The zero-order chi connectivity index (χ0) is 37.6. The van der Waals surface area contributed by atoms with Crippen LogP contribution in [0.25, 0.3) is 0 Å². The number of aliphatic hydroxyl groups excluding tert-OH is 1. The maximum absolute atomic E-state index is 15.0. The van der Waals surface area contributed by atoms with E-state index in [-0.39, 0.29) is 37.3 Å². The van der Waals surface area contributed by atoms with E-state index in [0.717, 1.165) is 35.2 Å². The van der Waals surface area contributed by atoms with E-state index in [1.165, 1.54) is 0 Å². The Bertz CT molecular complexity index is 1630. The fraction of sp³-hybridized carbons (Fsp3) is 0.524. The van der Waals surface area contributed by atoms with Gasteiger partial charge in [0.25, 0.3) is 5.91 Å². The number of likely N-dealkylation sites (tertiary alicyclic amines) is 1. The Morgan fingerprint density at radius 1 is 1.08 bits per heavy atom. The summed E-state index contributed by atoms with van der Waals surface area (Å²) in [4.78, 5) is 62.2. The minimum absolute atomic E-state index is 0.0959. The third kappa shape index (κ3) is 7.60. The zero-order valence-electron chi connectivity index (χ0n) is 31.2. The number of fused-ring (bicyclic) bond motifs is 1. The van der Waals surface area contributed by atoms with Crippen LogP contribution in [0.2, 0.25) is 0 Å². The lowest BCUT2D eigenvalue weighted by molar-refractivity contribution is -0.164. The highest BCUT2D eigenvalue weighted by Gasteiger charge is 2.75. The molecule has 0 radical (unpaired) electrons. The van der Waals surface area contributed by atoms with Gasteiger partial charge in [-0.05, 0) is 75.6 Å². The van der Waals surface area contributed by atoms with Crippen LogP contribution < -0.4 is 4.90 Å². The molecule has 52 heavy (non-hydrogen) atoms. The van der Waals surface area contributed by atoms with E-state index in [1.54, 1.807) is 33.9 Å². The van der Waals surface area contributed by atoms with Crippen molar-refractivity contribution in [1.29, 1.82) is 0 Å². The average molecular weight is 714 g/mol. The molecule has 7 atom stereocenters. The highest BCUT2D eigenvalue weighted by Crippen LogP contribution is 2.59. The van der Waals surface area contributed by atoms with Crippen molar-refractivity contribution >= 4 is 29.4 Å². The number of allylic oxidation sites excluding steroid dienone is 1. The number of aryl methyl sites for hydroxylation is 2. The van der Waals surface area contributed by atoms with E-state index in [4.69, 9.17) is 9.47 Å². The fourth-order valence-electron chi connectivity index (χ4n) is 8.41. The first-order valence-electron chi connectivity index (χ1n) is 18.7.